The Labute approximate surface area is 104 Å². The number of rotatable bonds is 5. The van der Waals surface area contributed by atoms with Gasteiger partial charge in [-0.05, 0) is 43.8 Å². The summed E-state index contributed by atoms with van der Waals surface area (Å²) >= 11 is 0. The first kappa shape index (κ1) is 14.2. The largest absolute Gasteiger partial charge is 0.545 e. The maximum atomic E-state index is 11.5. The van der Waals surface area contributed by atoms with Crippen molar-refractivity contribution in [2.24, 2.45) is 0 Å². The van der Waals surface area contributed by atoms with Gasteiger partial charge in [-0.15, -0.1) is 0 Å². The molecular formula is C12H14O6-2. The Hall–Kier alpha value is -1.85. The van der Waals surface area contributed by atoms with E-state index in [4.69, 9.17) is 4.74 Å². The molecule has 18 heavy (non-hydrogen) atoms. The van der Waals surface area contributed by atoms with Crippen LogP contribution < -0.4 is 10.2 Å². The summed E-state index contributed by atoms with van der Waals surface area (Å²) in [7, 11) is 0. The summed E-state index contributed by atoms with van der Waals surface area (Å²) < 4.78 is 5.04. The maximum absolute atomic E-state index is 11.5. The third kappa shape index (κ3) is 3.87. The van der Waals surface area contributed by atoms with Gasteiger partial charge in [-0.25, -0.2) is 0 Å². The van der Waals surface area contributed by atoms with Gasteiger partial charge in [0.15, 0.2) is 0 Å². The van der Waals surface area contributed by atoms with Crippen molar-refractivity contribution >= 4 is 17.9 Å². The van der Waals surface area contributed by atoms with Crippen LogP contribution in [0.5, 0.6) is 0 Å². The van der Waals surface area contributed by atoms with Gasteiger partial charge in [0.05, 0.1) is 18.4 Å². The van der Waals surface area contributed by atoms with Crippen molar-refractivity contribution in [3.63, 3.8) is 0 Å². The second-order valence-electron chi connectivity index (χ2n) is 4.25. The van der Waals surface area contributed by atoms with Crippen molar-refractivity contribution < 1.29 is 29.3 Å². The van der Waals surface area contributed by atoms with E-state index in [0.29, 0.717) is 0 Å². The van der Waals surface area contributed by atoms with E-state index in [1.165, 1.54) is 0 Å². The Bertz CT molecular complexity index is 389. The molecule has 0 unspecified atom stereocenters. The molecule has 1 aliphatic carbocycles. The summed E-state index contributed by atoms with van der Waals surface area (Å²) in [6.07, 6.45) is 2.66. The van der Waals surface area contributed by atoms with Gasteiger partial charge in [0.25, 0.3) is 0 Å². The van der Waals surface area contributed by atoms with Crippen LogP contribution in [0.2, 0.25) is 0 Å². The van der Waals surface area contributed by atoms with Crippen LogP contribution in [0.4, 0.5) is 0 Å². The van der Waals surface area contributed by atoms with Gasteiger partial charge in [0.1, 0.15) is 6.10 Å². The minimum absolute atomic E-state index is 0.191. The summed E-state index contributed by atoms with van der Waals surface area (Å²) in [5.74, 6) is -4.08. The van der Waals surface area contributed by atoms with Gasteiger partial charge < -0.3 is 24.5 Å². The molecule has 100 valence electrons. The van der Waals surface area contributed by atoms with E-state index < -0.39 is 35.5 Å². The van der Waals surface area contributed by atoms with Gasteiger partial charge >= 0.3 is 5.97 Å². The number of esters is 1. The number of carbonyl (C=O) groups is 3. The second kappa shape index (κ2) is 6.18. The first-order valence-corrected chi connectivity index (χ1v) is 5.73. The average molecular weight is 254 g/mol. The van der Waals surface area contributed by atoms with Crippen molar-refractivity contribution in [1.82, 2.24) is 0 Å². The van der Waals surface area contributed by atoms with Crippen molar-refractivity contribution in [2.45, 2.75) is 45.1 Å². The number of aliphatic carboxylic acids is 2. The predicted octanol–water partition coefficient (Wildman–Crippen LogP) is -1.32. The molecular weight excluding hydrogens is 240 g/mol. The van der Waals surface area contributed by atoms with E-state index in [0.717, 1.165) is 32.6 Å². The number of hydrogen-bond donors (Lipinski definition) is 0. The van der Waals surface area contributed by atoms with Crippen molar-refractivity contribution in [1.29, 1.82) is 0 Å². The molecule has 6 nitrogen and oxygen atoms in total. The quantitative estimate of drug-likeness (QED) is 0.445. The lowest BCUT2D eigenvalue weighted by Gasteiger charge is -2.16. The van der Waals surface area contributed by atoms with Gasteiger partial charge in [0.2, 0.25) is 0 Å². The fraction of sp³-hybridized carbons (Fsp3) is 0.583. The van der Waals surface area contributed by atoms with Crippen molar-refractivity contribution in [3.05, 3.63) is 11.1 Å². The van der Waals surface area contributed by atoms with E-state index in [1.807, 2.05) is 0 Å². The molecule has 0 radical (unpaired) electrons. The maximum Gasteiger partial charge on any atom is 0.310 e. The van der Waals surface area contributed by atoms with Crippen LogP contribution in [0.1, 0.15) is 39.0 Å². The number of ether oxygens (including phenoxy) is 1. The SMILES string of the molecule is C/C(C(=O)[O-])=C(/CC(=O)OC1CCCC1)C(=O)[O-]. The Morgan fingerprint density at radius 3 is 2.11 bits per heavy atom. The minimum atomic E-state index is -1.69. The first-order chi connectivity index (χ1) is 8.41. The van der Waals surface area contributed by atoms with Crippen LogP contribution in [-0.4, -0.2) is 24.0 Å². The Balaban J connectivity index is 2.66. The van der Waals surface area contributed by atoms with Gasteiger partial charge in [-0.3, -0.25) is 4.79 Å². The second-order valence-corrected chi connectivity index (χ2v) is 4.25. The van der Waals surface area contributed by atoms with Gasteiger partial charge in [-0.1, -0.05) is 0 Å². The molecule has 1 aliphatic rings. The molecule has 0 aromatic carbocycles. The molecule has 0 N–H and O–H groups in total. The third-order valence-electron chi connectivity index (χ3n) is 2.93. The van der Waals surface area contributed by atoms with E-state index in [1.54, 1.807) is 0 Å². The fourth-order valence-electron chi connectivity index (χ4n) is 1.86. The molecule has 0 aromatic rings. The highest BCUT2D eigenvalue weighted by Gasteiger charge is 2.20. The highest BCUT2D eigenvalue weighted by atomic mass is 16.5. The Morgan fingerprint density at radius 1 is 1.11 bits per heavy atom. The molecule has 0 saturated heterocycles. The van der Waals surface area contributed by atoms with E-state index in [-0.39, 0.29) is 6.10 Å². The monoisotopic (exact) mass is 254 g/mol. The number of carboxylic acid groups (broad SMARTS) is 2. The van der Waals surface area contributed by atoms with E-state index >= 15 is 0 Å². The predicted molar refractivity (Wildman–Crippen MR) is 55.7 cm³/mol. The fourth-order valence-corrected chi connectivity index (χ4v) is 1.86. The summed E-state index contributed by atoms with van der Waals surface area (Å²) in [5.41, 5.74) is -1.11. The van der Waals surface area contributed by atoms with Crippen LogP contribution in [0, 0.1) is 0 Å². The smallest absolute Gasteiger partial charge is 0.310 e. The molecule has 0 aliphatic heterocycles. The number of carbonyl (C=O) groups excluding carboxylic acids is 3. The van der Waals surface area contributed by atoms with E-state index in [9.17, 15) is 24.6 Å². The lowest BCUT2D eigenvalue weighted by atomic mass is 10.1. The van der Waals surface area contributed by atoms with Gasteiger partial charge in [0, 0.05) is 0 Å². The summed E-state index contributed by atoms with van der Waals surface area (Å²) in [5, 5.41) is 21.3. The summed E-state index contributed by atoms with van der Waals surface area (Å²) in [6.45, 7) is 1.06. The van der Waals surface area contributed by atoms with Crippen LogP contribution in [-0.2, 0) is 19.1 Å². The number of carboxylic acids is 2. The average Bonchev–Trinajstić information content (AvgIpc) is 2.77. The molecule has 0 aromatic heterocycles. The molecule has 1 rings (SSSR count). The highest BCUT2D eigenvalue weighted by Crippen LogP contribution is 2.22. The topological polar surface area (TPSA) is 107 Å². The first-order valence-electron chi connectivity index (χ1n) is 5.73. The lowest BCUT2D eigenvalue weighted by Crippen LogP contribution is -2.32. The van der Waals surface area contributed by atoms with Crippen molar-refractivity contribution in [3.8, 4) is 0 Å². The van der Waals surface area contributed by atoms with Crippen LogP contribution in [0.15, 0.2) is 11.1 Å². The zero-order valence-electron chi connectivity index (χ0n) is 10.1. The summed E-state index contributed by atoms with van der Waals surface area (Å²) in [6, 6.07) is 0. The third-order valence-corrected chi connectivity index (χ3v) is 2.93. The molecule has 0 spiro atoms. The zero-order valence-corrected chi connectivity index (χ0v) is 10.1. The molecule has 0 heterocycles. The molecule has 1 fully saturated rings. The minimum Gasteiger partial charge on any atom is -0.545 e. The highest BCUT2D eigenvalue weighted by molar-refractivity contribution is 5.99. The standard InChI is InChI=1S/C12H16O6/c1-7(11(14)15)9(12(16)17)6-10(13)18-8-4-2-3-5-8/h8H,2-6H2,1H3,(H,14,15)(H,16,17)/p-2/b9-7+. The van der Waals surface area contributed by atoms with Crippen LogP contribution in [0.3, 0.4) is 0 Å². The summed E-state index contributed by atoms with van der Waals surface area (Å²) in [4.78, 5) is 32.8. The van der Waals surface area contributed by atoms with Crippen molar-refractivity contribution in [2.75, 3.05) is 0 Å². The van der Waals surface area contributed by atoms with Crippen LogP contribution in [0.25, 0.3) is 0 Å². The van der Waals surface area contributed by atoms with E-state index in [2.05, 4.69) is 0 Å². The molecule has 0 bridgehead atoms. The van der Waals surface area contributed by atoms with Crippen LogP contribution >= 0.6 is 0 Å². The normalized spacial score (nSPS) is 17.2. The molecule has 0 atom stereocenters. The van der Waals surface area contributed by atoms with Gasteiger partial charge in [-0.2, -0.15) is 0 Å². The molecule has 0 amide bonds. The Morgan fingerprint density at radius 2 is 1.67 bits per heavy atom. The lowest BCUT2D eigenvalue weighted by molar-refractivity contribution is -0.304. The molecule has 1 saturated carbocycles. The number of hydrogen-bond acceptors (Lipinski definition) is 6. The molecule has 6 heteroatoms. The zero-order chi connectivity index (χ0) is 13.7. The Kier molecular flexibility index (Phi) is 4.88.